The van der Waals surface area contributed by atoms with Crippen LogP contribution in [0.3, 0.4) is 0 Å². The van der Waals surface area contributed by atoms with Crippen LogP contribution in [0.1, 0.15) is 207 Å². The molecule has 29 nitrogen and oxygen atoms in total. The van der Waals surface area contributed by atoms with Gasteiger partial charge in [0, 0.05) is 208 Å². The average molecular weight is 1550 g/mol. The number of hydrogen-bond donors (Lipinski definition) is 11. The standard InChI is InChI=1S/2C6H17NO3Si.2C5H14O3Si.13C2H6.9CH4O.4Al.4H2O.2O/c2*1-8-11(9-2,10-3)6-4-5-7;2*1-5-9(6-2,7-3)8-4;22*1-2;;;;;;;;;;/h2*4-7H2,1-3H3;2*5H2,1-4H3;13*1-2H3;9*2H,1H3;;;;;4*1H2;;. The van der Waals surface area contributed by atoms with E-state index >= 15 is 0 Å². The summed E-state index contributed by atoms with van der Waals surface area (Å²) in [6.45, 7) is 57.3. The molecule has 94 heavy (non-hydrogen) atoms. The molecule has 0 aliphatic heterocycles. The van der Waals surface area contributed by atoms with Gasteiger partial charge < -0.3 is 132 Å². The van der Waals surface area contributed by atoms with Gasteiger partial charge in [-0.05, 0) is 25.9 Å². The molecule has 0 saturated heterocycles. The molecule has 0 atom stereocenters. The first kappa shape index (κ1) is 225. The number of rotatable bonds is 20. The molecule has 0 amide bonds. The zero-order chi connectivity index (χ0) is 80.1. The third-order valence-electron chi connectivity index (χ3n) is 5.97. The second-order valence-electron chi connectivity index (χ2n) is 7.67. The van der Waals surface area contributed by atoms with E-state index in [9.17, 15) is 0 Å². The molecule has 0 saturated carbocycles. The Labute approximate surface area is 631 Å². The van der Waals surface area contributed by atoms with Crippen molar-refractivity contribution in [3.8, 4) is 0 Å². The van der Waals surface area contributed by atoms with E-state index in [4.69, 9.17) is 118 Å². The maximum atomic E-state index is 8.17. The van der Waals surface area contributed by atoms with E-state index in [1.807, 2.05) is 194 Å². The SMILES string of the molecule is CC.CC.CC.CC.CC.CC.CC.CC.CC.CC.CC.CC.CC.CC[Si](OC)(OC)OC.CC[Si](OC)(OC)OC.CO.CO.CO.CO.CO.CO.CO.CO.CO.CO[Si](CCCN)(OC)OC.CO[Si](CCCN)(OC)OC.O.O.O.O.[Al].[Al].[O]=[Al].[O]=[Al]. The van der Waals surface area contributed by atoms with Crippen molar-refractivity contribution in [1.82, 2.24) is 0 Å². The first-order valence-electron chi connectivity index (χ1n) is 30.5. The Balaban J connectivity index is -0.0000000129. The Hall–Kier alpha value is 1.52. The summed E-state index contributed by atoms with van der Waals surface area (Å²) in [6, 6.07) is 3.20. The number of nitrogens with two attached hydrogens (primary N) is 2. The van der Waals surface area contributed by atoms with Crippen molar-refractivity contribution in [2.75, 3.05) is 162 Å². The number of aliphatic hydroxyl groups is 9. The molecule has 0 heterocycles. The summed E-state index contributed by atoms with van der Waals surface area (Å²) < 4.78 is 77.9. The second kappa shape index (κ2) is 399. The van der Waals surface area contributed by atoms with E-state index in [2.05, 4.69) is 0 Å². The van der Waals surface area contributed by atoms with Gasteiger partial charge in [0.25, 0.3) is 0 Å². The van der Waals surface area contributed by atoms with Gasteiger partial charge in [0.1, 0.15) is 0 Å². The van der Waals surface area contributed by atoms with Gasteiger partial charge in [0.05, 0.1) is 0 Å². The van der Waals surface area contributed by atoms with Crippen molar-refractivity contribution in [1.29, 1.82) is 0 Å². The van der Waals surface area contributed by atoms with E-state index in [1.54, 1.807) is 85.3 Å². The fraction of sp³-hybridized carbons (Fsp3) is 1.00. The van der Waals surface area contributed by atoms with Gasteiger partial charge in [-0.15, -0.1) is 0 Å². The Bertz CT molecular complexity index is 524. The fourth-order valence-corrected chi connectivity index (χ4v) is 9.35. The monoisotopic (exact) mass is 1550 g/mol. The molecular weight excluding hydrogens is 1360 g/mol. The van der Waals surface area contributed by atoms with Crippen molar-refractivity contribution in [3.63, 3.8) is 0 Å². The molecule has 0 fully saturated rings. The molecule has 0 aromatic carbocycles. The zero-order valence-corrected chi connectivity index (χ0v) is 80.5. The van der Waals surface area contributed by atoms with Crippen LogP contribution >= 0.6 is 0 Å². The number of hydrogen-bond acceptors (Lipinski definition) is 25. The summed E-state index contributed by atoms with van der Waals surface area (Å²) in [5.41, 5.74) is 10.7. The summed E-state index contributed by atoms with van der Waals surface area (Å²) in [7, 11) is 19.3. The predicted molar refractivity (Wildman–Crippen MR) is 425 cm³/mol. The van der Waals surface area contributed by atoms with Crippen LogP contribution in [0.5, 0.6) is 0 Å². The van der Waals surface area contributed by atoms with Crippen LogP contribution in [-0.2, 0) is 60.7 Å². The van der Waals surface area contributed by atoms with Crippen LogP contribution in [0.4, 0.5) is 0 Å². The molecule has 0 aliphatic carbocycles. The zero-order valence-electron chi connectivity index (χ0n) is 71.9. The minimum absolute atomic E-state index is 0. The van der Waals surface area contributed by atoms with Gasteiger partial charge in [-0.3, -0.25) is 0 Å². The van der Waals surface area contributed by atoms with Crippen LogP contribution in [0.2, 0.25) is 24.2 Å². The van der Waals surface area contributed by atoms with Crippen LogP contribution in [0.25, 0.3) is 0 Å². The molecular formula is C57H184Al4N2O27Si4. The van der Waals surface area contributed by atoms with Gasteiger partial charge in [-0.2, -0.15) is 0 Å². The van der Waals surface area contributed by atoms with Crippen molar-refractivity contribution in [2.45, 2.75) is 231 Å². The van der Waals surface area contributed by atoms with Crippen LogP contribution in [-0.4, -0.2) is 333 Å². The quantitative estimate of drug-likeness (QED) is 0.0549. The van der Waals surface area contributed by atoms with E-state index in [-0.39, 0.29) is 56.6 Å². The molecule has 0 rings (SSSR count). The molecule has 8 radical (unpaired) electrons. The fourth-order valence-electron chi connectivity index (χ4n) is 3.12. The van der Waals surface area contributed by atoms with Gasteiger partial charge in [0.2, 0.25) is 0 Å². The first-order valence-corrected chi connectivity index (χ1v) is 39.2. The average Bonchev–Trinajstić information content (AvgIpc) is 3.70. The summed E-state index contributed by atoms with van der Waals surface area (Å²) in [6.07, 6.45) is 1.75. The molecule has 0 bridgehead atoms. The Morgan fingerprint density at radius 3 is 0.340 bits per heavy atom. The molecule has 21 N–H and O–H groups in total. The molecule has 0 spiro atoms. The first-order chi connectivity index (χ1) is 43.0. The normalized spacial score (nSPS) is 6.57. The van der Waals surface area contributed by atoms with E-state index in [0.29, 0.717) is 13.1 Å². The molecule has 612 valence electrons. The van der Waals surface area contributed by atoms with Crippen LogP contribution in [0, 0.1) is 0 Å². The molecule has 0 aromatic rings. The Morgan fingerprint density at radius 2 is 0.309 bits per heavy atom. The summed E-state index contributed by atoms with van der Waals surface area (Å²) >= 11 is 2.33. The van der Waals surface area contributed by atoms with Crippen LogP contribution < -0.4 is 11.5 Å². The molecule has 0 aliphatic rings. The summed E-state index contributed by atoms with van der Waals surface area (Å²) in [4.78, 5) is 0. The van der Waals surface area contributed by atoms with E-state index in [1.165, 1.54) is 32.4 Å². The molecule has 0 aromatic heterocycles. The van der Waals surface area contributed by atoms with Crippen molar-refractivity contribution >= 4 is 102 Å². The Morgan fingerprint density at radius 1 is 0.234 bits per heavy atom. The molecule has 37 heteroatoms. The van der Waals surface area contributed by atoms with Gasteiger partial charge in [-0.1, -0.05) is 194 Å². The van der Waals surface area contributed by atoms with Crippen LogP contribution in [0.15, 0.2) is 0 Å². The minimum atomic E-state index is -2.32. The van der Waals surface area contributed by atoms with E-state index in [0.717, 1.165) is 101 Å². The third kappa shape index (κ3) is 279. The summed E-state index contributed by atoms with van der Waals surface area (Å²) in [5.74, 6) is 0. The number of aliphatic hydroxyl groups excluding tert-OH is 9. The second-order valence-corrected chi connectivity index (χ2v) is 20.5. The predicted octanol–water partition coefficient (Wildman–Crippen LogP) is 6.95. The van der Waals surface area contributed by atoms with Gasteiger partial charge in [-0.25, -0.2) is 0 Å². The third-order valence-corrected chi connectivity index (χ3v) is 17.1. The van der Waals surface area contributed by atoms with E-state index < -0.39 is 35.2 Å². The van der Waals surface area contributed by atoms with Crippen molar-refractivity contribution in [2.24, 2.45) is 11.5 Å². The molecule has 0 unspecified atom stereocenters. The Kier molecular flexibility index (Phi) is 957. The van der Waals surface area contributed by atoms with Crippen molar-refractivity contribution < 1.29 is 129 Å². The van der Waals surface area contributed by atoms with Gasteiger partial charge in [0.15, 0.2) is 0 Å². The maximum absolute atomic E-state index is 8.17. The van der Waals surface area contributed by atoms with Crippen molar-refractivity contribution in [3.05, 3.63) is 0 Å². The summed E-state index contributed by atoms with van der Waals surface area (Å²) in [5, 5.41) is 63.0. The topological polar surface area (TPSA) is 505 Å². The van der Waals surface area contributed by atoms with Gasteiger partial charge >= 0.3 is 75.3 Å².